The summed E-state index contributed by atoms with van der Waals surface area (Å²) in [7, 11) is -4.17. The third-order valence-corrected chi connectivity index (χ3v) is 4.97. The number of esters is 2. The molecule has 7 nitrogen and oxygen atoms in total. The molecule has 0 aromatic carbocycles. The summed E-state index contributed by atoms with van der Waals surface area (Å²) in [5, 5.41) is 0. The lowest BCUT2D eigenvalue weighted by Gasteiger charge is -2.25. The van der Waals surface area contributed by atoms with Crippen molar-refractivity contribution in [1.29, 1.82) is 0 Å². The van der Waals surface area contributed by atoms with Crippen molar-refractivity contribution in [3.05, 3.63) is 0 Å². The van der Waals surface area contributed by atoms with Gasteiger partial charge in [0.05, 0.1) is 18.1 Å². The van der Waals surface area contributed by atoms with Crippen molar-refractivity contribution in [2.75, 3.05) is 5.75 Å². The summed E-state index contributed by atoms with van der Waals surface area (Å²) < 4.78 is 40.1. The average molecular weight is 290 g/mol. The van der Waals surface area contributed by atoms with E-state index in [9.17, 15) is 18.0 Å². The molecule has 3 fully saturated rings. The van der Waals surface area contributed by atoms with Crippen LogP contribution in [0.4, 0.5) is 0 Å². The predicted octanol–water partition coefficient (Wildman–Crippen LogP) is -0.242. The molecule has 8 heteroatoms. The Kier molecular flexibility index (Phi) is 2.82. The molecule has 5 atom stereocenters. The largest absolute Gasteiger partial charge is 0.458 e. The highest BCUT2D eigenvalue weighted by molar-refractivity contribution is 7.85. The van der Waals surface area contributed by atoms with Crippen LogP contribution >= 0.6 is 0 Å². The topological polar surface area (TPSA) is 107 Å². The van der Waals surface area contributed by atoms with Crippen LogP contribution in [0.1, 0.15) is 19.3 Å². The summed E-state index contributed by atoms with van der Waals surface area (Å²) in [5.74, 6) is -1.34. The van der Waals surface area contributed by atoms with Crippen LogP contribution < -0.4 is 0 Å². The number of hydrogen-bond acceptors (Lipinski definition) is 6. The molecule has 1 saturated heterocycles. The first kappa shape index (κ1) is 12.9. The highest BCUT2D eigenvalue weighted by atomic mass is 32.2. The number of hydrogen-bond donors (Lipinski definition) is 1. The van der Waals surface area contributed by atoms with E-state index in [1.165, 1.54) is 0 Å². The van der Waals surface area contributed by atoms with Crippen molar-refractivity contribution >= 4 is 22.1 Å². The second-order valence-corrected chi connectivity index (χ2v) is 6.97. The number of rotatable bonds is 4. The lowest BCUT2D eigenvalue weighted by atomic mass is 9.88. The monoisotopic (exact) mass is 290 g/mol. The van der Waals surface area contributed by atoms with Crippen molar-refractivity contribution in [2.24, 2.45) is 17.8 Å². The maximum Gasteiger partial charge on any atom is 0.309 e. The molecule has 2 saturated carbocycles. The first-order valence-electron chi connectivity index (χ1n) is 6.20. The van der Waals surface area contributed by atoms with Crippen LogP contribution in [0.3, 0.4) is 0 Å². The van der Waals surface area contributed by atoms with Gasteiger partial charge in [0.25, 0.3) is 10.1 Å². The Morgan fingerprint density at radius 3 is 2.84 bits per heavy atom. The molecule has 106 valence electrons. The van der Waals surface area contributed by atoms with Crippen molar-refractivity contribution in [3.63, 3.8) is 0 Å². The summed E-state index contributed by atoms with van der Waals surface area (Å²) in [5.41, 5.74) is 0. The molecular weight excluding hydrogens is 276 g/mol. The van der Waals surface area contributed by atoms with E-state index in [4.69, 9.17) is 14.0 Å². The first-order chi connectivity index (χ1) is 8.85. The van der Waals surface area contributed by atoms with Crippen LogP contribution in [-0.4, -0.2) is 42.9 Å². The standard InChI is InChI=1S/C11H14O7S/c12-8(1-2-19(14,15)16)17-9-5-3-6-7(4-5)11(13)18-10(6)9/h5-7,9-10H,1-4H2,(H,14,15,16). The van der Waals surface area contributed by atoms with E-state index in [2.05, 4.69) is 0 Å². The quantitative estimate of drug-likeness (QED) is 0.562. The Hall–Kier alpha value is -1.15. The van der Waals surface area contributed by atoms with Gasteiger partial charge in [0, 0.05) is 11.8 Å². The Morgan fingerprint density at radius 1 is 1.42 bits per heavy atom. The Morgan fingerprint density at radius 2 is 2.16 bits per heavy atom. The Balaban J connectivity index is 1.60. The zero-order chi connectivity index (χ0) is 13.8. The van der Waals surface area contributed by atoms with Gasteiger partial charge in [-0.1, -0.05) is 0 Å². The SMILES string of the molecule is O=C(CCS(=O)(=O)O)OC1C2CC3C(=O)OC1C3C2. The maximum absolute atomic E-state index is 11.5. The third kappa shape index (κ3) is 2.23. The van der Waals surface area contributed by atoms with Crippen LogP contribution in [-0.2, 0) is 29.2 Å². The minimum Gasteiger partial charge on any atom is -0.458 e. The zero-order valence-corrected chi connectivity index (χ0v) is 10.8. The van der Waals surface area contributed by atoms with Crippen LogP contribution in [0.25, 0.3) is 0 Å². The van der Waals surface area contributed by atoms with Gasteiger partial charge in [-0.2, -0.15) is 8.42 Å². The van der Waals surface area contributed by atoms with Gasteiger partial charge in [0.2, 0.25) is 0 Å². The number of carbonyl (C=O) groups is 2. The lowest BCUT2D eigenvalue weighted by molar-refractivity contribution is -0.161. The van der Waals surface area contributed by atoms with Gasteiger partial charge in [-0.3, -0.25) is 14.1 Å². The van der Waals surface area contributed by atoms with Crippen molar-refractivity contribution < 1.29 is 32.0 Å². The van der Waals surface area contributed by atoms with Crippen molar-refractivity contribution in [3.8, 4) is 0 Å². The molecular formula is C11H14O7S. The van der Waals surface area contributed by atoms with E-state index in [-0.39, 0.29) is 29.8 Å². The van der Waals surface area contributed by atoms with Crippen LogP contribution in [0, 0.1) is 17.8 Å². The molecule has 0 amide bonds. The highest BCUT2D eigenvalue weighted by Gasteiger charge is 2.63. The second-order valence-electron chi connectivity index (χ2n) is 5.39. The van der Waals surface area contributed by atoms with Gasteiger partial charge in [0.15, 0.2) is 0 Å². The Labute approximate surface area is 110 Å². The van der Waals surface area contributed by atoms with E-state index < -0.39 is 34.4 Å². The minimum atomic E-state index is -4.17. The normalized spacial score (nSPS) is 39.4. The molecule has 0 radical (unpaired) electrons. The van der Waals surface area contributed by atoms with Crippen LogP contribution in [0.15, 0.2) is 0 Å². The molecule has 2 bridgehead atoms. The molecule has 1 aliphatic heterocycles. The fourth-order valence-electron chi connectivity index (χ4n) is 3.49. The van der Waals surface area contributed by atoms with E-state index in [0.29, 0.717) is 6.42 Å². The molecule has 1 N–H and O–H groups in total. The van der Waals surface area contributed by atoms with E-state index >= 15 is 0 Å². The van der Waals surface area contributed by atoms with E-state index in [1.54, 1.807) is 0 Å². The molecule has 5 unspecified atom stereocenters. The molecule has 0 aromatic heterocycles. The molecule has 3 rings (SSSR count). The summed E-state index contributed by atoms with van der Waals surface area (Å²) in [6.45, 7) is 0. The summed E-state index contributed by atoms with van der Waals surface area (Å²) >= 11 is 0. The average Bonchev–Trinajstić information content (AvgIpc) is 2.90. The summed E-state index contributed by atoms with van der Waals surface area (Å²) in [6.07, 6.45) is 0.275. The maximum atomic E-state index is 11.5. The van der Waals surface area contributed by atoms with Crippen LogP contribution in [0.2, 0.25) is 0 Å². The zero-order valence-electron chi connectivity index (χ0n) is 10.0. The molecule has 1 heterocycles. The summed E-state index contributed by atoms with van der Waals surface area (Å²) in [6, 6.07) is 0. The fraction of sp³-hybridized carbons (Fsp3) is 0.818. The number of carbonyl (C=O) groups excluding carboxylic acids is 2. The smallest absolute Gasteiger partial charge is 0.309 e. The lowest BCUT2D eigenvalue weighted by Crippen LogP contribution is -2.36. The molecule has 0 spiro atoms. The first-order valence-corrected chi connectivity index (χ1v) is 7.81. The molecule has 0 aromatic rings. The minimum absolute atomic E-state index is 0.0530. The summed E-state index contributed by atoms with van der Waals surface area (Å²) in [4.78, 5) is 23.0. The van der Waals surface area contributed by atoms with Crippen molar-refractivity contribution in [2.45, 2.75) is 31.5 Å². The fourth-order valence-corrected chi connectivity index (χ4v) is 3.91. The van der Waals surface area contributed by atoms with Gasteiger partial charge in [-0.15, -0.1) is 0 Å². The number of fused-ring (bicyclic) bond motifs is 1. The van der Waals surface area contributed by atoms with Gasteiger partial charge >= 0.3 is 11.9 Å². The molecule has 3 aliphatic rings. The third-order valence-electron chi connectivity index (χ3n) is 4.25. The van der Waals surface area contributed by atoms with Gasteiger partial charge in [-0.25, -0.2) is 0 Å². The van der Waals surface area contributed by atoms with Gasteiger partial charge < -0.3 is 9.47 Å². The van der Waals surface area contributed by atoms with Gasteiger partial charge in [0.1, 0.15) is 12.2 Å². The van der Waals surface area contributed by atoms with E-state index in [1.807, 2.05) is 0 Å². The van der Waals surface area contributed by atoms with Crippen LogP contribution in [0.5, 0.6) is 0 Å². The molecule has 19 heavy (non-hydrogen) atoms. The molecule has 2 aliphatic carbocycles. The second kappa shape index (κ2) is 4.17. The number of ether oxygens (including phenoxy) is 2. The van der Waals surface area contributed by atoms with Crippen molar-refractivity contribution in [1.82, 2.24) is 0 Å². The predicted molar refractivity (Wildman–Crippen MR) is 60.5 cm³/mol. The highest BCUT2D eigenvalue weighted by Crippen LogP contribution is 2.55. The Bertz CT molecular complexity index is 525. The van der Waals surface area contributed by atoms with E-state index in [0.717, 1.165) is 6.42 Å². The van der Waals surface area contributed by atoms with Gasteiger partial charge in [-0.05, 0) is 12.8 Å².